The molecule has 2 N–H and O–H groups in total. The lowest BCUT2D eigenvalue weighted by Crippen LogP contribution is -2.35. The SMILES string of the molecule is CCc1ccc(Cl)c(CC)c1NC(=O)NC(=O)c1cnc2c(cnn2C)c1. The molecule has 0 bridgehead atoms. The molecular formula is C19H20ClN5O2. The smallest absolute Gasteiger partial charge is 0.307 e. The Morgan fingerprint density at radius 1 is 1.19 bits per heavy atom. The van der Waals surface area contributed by atoms with Gasteiger partial charge in [-0.2, -0.15) is 5.10 Å². The monoisotopic (exact) mass is 385 g/mol. The van der Waals surface area contributed by atoms with Gasteiger partial charge in [-0.3, -0.25) is 14.8 Å². The van der Waals surface area contributed by atoms with Crippen LogP contribution in [0.3, 0.4) is 0 Å². The van der Waals surface area contributed by atoms with Crippen molar-refractivity contribution in [2.24, 2.45) is 7.05 Å². The van der Waals surface area contributed by atoms with E-state index >= 15 is 0 Å². The second kappa shape index (κ2) is 7.75. The van der Waals surface area contributed by atoms with Crippen molar-refractivity contribution in [1.82, 2.24) is 20.1 Å². The lowest BCUT2D eigenvalue weighted by molar-refractivity contribution is 0.0967. The number of carbonyl (C=O) groups excluding carboxylic acids is 2. The lowest BCUT2D eigenvalue weighted by Gasteiger charge is -2.16. The van der Waals surface area contributed by atoms with Gasteiger partial charge in [0.15, 0.2) is 5.65 Å². The third-order valence-electron chi connectivity index (χ3n) is 4.38. The van der Waals surface area contributed by atoms with Gasteiger partial charge in [0.05, 0.1) is 17.4 Å². The fraction of sp³-hybridized carbons (Fsp3) is 0.263. The fourth-order valence-corrected chi connectivity index (χ4v) is 3.25. The summed E-state index contributed by atoms with van der Waals surface area (Å²) in [5, 5.41) is 10.5. The van der Waals surface area contributed by atoms with Gasteiger partial charge in [0.1, 0.15) is 0 Å². The normalized spacial score (nSPS) is 10.8. The molecular weight excluding hydrogens is 366 g/mol. The van der Waals surface area contributed by atoms with Crippen LogP contribution in [-0.2, 0) is 19.9 Å². The van der Waals surface area contributed by atoms with Gasteiger partial charge < -0.3 is 5.32 Å². The molecule has 0 saturated heterocycles. The molecule has 0 radical (unpaired) electrons. The minimum absolute atomic E-state index is 0.281. The van der Waals surface area contributed by atoms with Crippen molar-refractivity contribution in [3.63, 3.8) is 0 Å². The Labute approximate surface area is 161 Å². The van der Waals surface area contributed by atoms with Gasteiger partial charge in [-0.15, -0.1) is 0 Å². The van der Waals surface area contributed by atoms with E-state index in [4.69, 9.17) is 11.6 Å². The zero-order chi connectivity index (χ0) is 19.6. The third-order valence-corrected chi connectivity index (χ3v) is 4.73. The largest absolute Gasteiger partial charge is 0.326 e. The second-order valence-corrected chi connectivity index (χ2v) is 6.49. The van der Waals surface area contributed by atoms with Crippen molar-refractivity contribution in [2.45, 2.75) is 26.7 Å². The first-order valence-corrected chi connectivity index (χ1v) is 9.02. The van der Waals surface area contributed by atoms with Crippen molar-refractivity contribution in [3.8, 4) is 0 Å². The number of aryl methyl sites for hydroxylation is 2. The summed E-state index contributed by atoms with van der Waals surface area (Å²) in [6.45, 7) is 3.95. The summed E-state index contributed by atoms with van der Waals surface area (Å²) in [7, 11) is 1.77. The number of urea groups is 1. The molecule has 0 spiro atoms. The van der Waals surface area contributed by atoms with Crippen LogP contribution in [0.25, 0.3) is 11.0 Å². The van der Waals surface area contributed by atoms with Gasteiger partial charge in [0, 0.05) is 23.7 Å². The Morgan fingerprint density at radius 2 is 1.96 bits per heavy atom. The Kier molecular flexibility index (Phi) is 5.41. The van der Waals surface area contributed by atoms with Crippen molar-refractivity contribution >= 4 is 40.3 Å². The highest BCUT2D eigenvalue weighted by Crippen LogP contribution is 2.29. The maximum absolute atomic E-state index is 12.4. The highest BCUT2D eigenvalue weighted by Gasteiger charge is 2.16. The molecule has 8 heteroatoms. The molecule has 2 aromatic heterocycles. The Hall–Kier alpha value is -2.93. The van der Waals surface area contributed by atoms with Crippen LogP contribution < -0.4 is 10.6 Å². The number of anilines is 1. The Bertz CT molecular complexity index is 1030. The predicted molar refractivity (Wildman–Crippen MR) is 105 cm³/mol. The summed E-state index contributed by atoms with van der Waals surface area (Å²) in [5.74, 6) is -0.538. The van der Waals surface area contributed by atoms with Crippen molar-refractivity contribution in [2.75, 3.05) is 5.32 Å². The van der Waals surface area contributed by atoms with Crippen LogP contribution in [0.5, 0.6) is 0 Å². The van der Waals surface area contributed by atoms with Gasteiger partial charge in [0.25, 0.3) is 5.91 Å². The molecule has 3 rings (SSSR count). The molecule has 0 fully saturated rings. The van der Waals surface area contributed by atoms with Crippen LogP contribution in [0.1, 0.15) is 35.3 Å². The highest BCUT2D eigenvalue weighted by atomic mass is 35.5. The minimum Gasteiger partial charge on any atom is -0.307 e. The molecule has 0 saturated carbocycles. The number of pyridine rings is 1. The van der Waals surface area contributed by atoms with Crippen LogP contribution in [0.15, 0.2) is 30.6 Å². The topological polar surface area (TPSA) is 88.9 Å². The number of carbonyl (C=O) groups is 2. The number of hydrogen-bond acceptors (Lipinski definition) is 4. The summed E-state index contributed by atoms with van der Waals surface area (Å²) in [6.07, 6.45) is 4.43. The van der Waals surface area contributed by atoms with E-state index in [0.29, 0.717) is 22.8 Å². The quantitative estimate of drug-likeness (QED) is 0.716. The molecule has 0 unspecified atom stereocenters. The first kappa shape index (κ1) is 18.8. The fourth-order valence-electron chi connectivity index (χ4n) is 2.95. The molecule has 27 heavy (non-hydrogen) atoms. The van der Waals surface area contributed by atoms with E-state index in [1.54, 1.807) is 24.0 Å². The van der Waals surface area contributed by atoms with Gasteiger partial charge in [0.2, 0.25) is 0 Å². The van der Waals surface area contributed by atoms with Crippen LogP contribution >= 0.6 is 11.6 Å². The number of rotatable bonds is 4. The van der Waals surface area contributed by atoms with E-state index in [2.05, 4.69) is 20.7 Å². The third kappa shape index (κ3) is 3.78. The first-order chi connectivity index (χ1) is 12.9. The second-order valence-electron chi connectivity index (χ2n) is 6.08. The summed E-state index contributed by atoms with van der Waals surface area (Å²) >= 11 is 6.25. The summed E-state index contributed by atoms with van der Waals surface area (Å²) in [4.78, 5) is 29.0. The van der Waals surface area contributed by atoms with E-state index in [1.165, 1.54) is 6.20 Å². The van der Waals surface area contributed by atoms with Gasteiger partial charge in [-0.05, 0) is 36.1 Å². The molecule has 2 heterocycles. The maximum atomic E-state index is 12.4. The predicted octanol–water partition coefficient (Wildman–Crippen LogP) is 3.71. The van der Waals surface area contributed by atoms with E-state index in [-0.39, 0.29) is 5.56 Å². The number of halogens is 1. The Morgan fingerprint density at radius 3 is 2.67 bits per heavy atom. The summed E-state index contributed by atoms with van der Waals surface area (Å²) in [5.41, 5.74) is 3.39. The van der Waals surface area contributed by atoms with Crippen LogP contribution in [0.4, 0.5) is 10.5 Å². The van der Waals surface area contributed by atoms with Crippen molar-refractivity contribution in [1.29, 1.82) is 0 Å². The number of hydrogen-bond donors (Lipinski definition) is 2. The minimum atomic E-state index is -0.613. The zero-order valence-electron chi connectivity index (χ0n) is 15.3. The molecule has 3 amide bonds. The number of benzene rings is 1. The average molecular weight is 386 g/mol. The number of aromatic nitrogens is 3. The Balaban J connectivity index is 1.79. The number of fused-ring (bicyclic) bond motifs is 1. The standard InChI is InChI=1S/C19H20ClN5O2/c1-4-11-6-7-15(20)14(5-2)16(11)23-19(27)24-18(26)13-8-12-10-22-25(3)17(12)21-9-13/h6-10H,4-5H2,1-3H3,(H2,23,24,26,27). The summed E-state index contributed by atoms with van der Waals surface area (Å²) < 4.78 is 1.61. The number of imide groups is 1. The molecule has 0 aliphatic carbocycles. The number of nitrogens with zero attached hydrogens (tertiary/aromatic N) is 3. The van der Waals surface area contributed by atoms with Crippen LogP contribution in [0, 0.1) is 0 Å². The van der Waals surface area contributed by atoms with Crippen LogP contribution in [-0.4, -0.2) is 26.7 Å². The lowest BCUT2D eigenvalue weighted by atomic mass is 10.0. The zero-order valence-corrected chi connectivity index (χ0v) is 16.1. The summed E-state index contributed by atoms with van der Waals surface area (Å²) in [6, 6.07) is 4.73. The van der Waals surface area contributed by atoms with Crippen molar-refractivity contribution < 1.29 is 9.59 Å². The van der Waals surface area contributed by atoms with E-state index in [9.17, 15) is 9.59 Å². The molecule has 3 aromatic rings. The van der Waals surface area contributed by atoms with Gasteiger partial charge >= 0.3 is 6.03 Å². The van der Waals surface area contributed by atoms with Gasteiger partial charge in [-0.25, -0.2) is 9.78 Å². The number of nitrogens with one attached hydrogen (secondary N) is 2. The number of amides is 3. The van der Waals surface area contributed by atoms with Gasteiger partial charge in [-0.1, -0.05) is 31.5 Å². The molecule has 1 aromatic carbocycles. The molecule has 0 aliphatic rings. The maximum Gasteiger partial charge on any atom is 0.326 e. The molecule has 140 valence electrons. The molecule has 0 aliphatic heterocycles. The molecule has 0 atom stereocenters. The highest BCUT2D eigenvalue weighted by molar-refractivity contribution is 6.32. The van der Waals surface area contributed by atoms with Crippen molar-refractivity contribution in [3.05, 3.63) is 52.3 Å². The van der Waals surface area contributed by atoms with E-state index < -0.39 is 11.9 Å². The van der Waals surface area contributed by atoms with Crippen LogP contribution in [0.2, 0.25) is 5.02 Å². The van der Waals surface area contributed by atoms with E-state index in [1.807, 2.05) is 26.0 Å². The average Bonchev–Trinajstić information content (AvgIpc) is 3.02. The molecule has 7 nitrogen and oxygen atoms in total. The van der Waals surface area contributed by atoms with E-state index in [0.717, 1.165) is 22.9 Å². The first-order valence-electron chi connectivity index (χ1n) is 8.64.